The highest BCUT2D eigenvalue weighted by molar-refractivity contribution is 6.38. The second-order valence-corrected chi connectivity index (χ2v) is 10.7. The van der Waals surface area contributed by atoms with Crippen molar-refractivity contribution in [2.24, 2.45) is 0 Å². The lowest BCUT2D eigenvalue weighted by Crippen LogP contribution is -2.47. The molecule has 3 heterocycles. The summed E-state index contributed by atoms with van der Waals surface area (Å²) in [6.45, 7) is 6.86. The molecular formula is C31H30ClFN4O4. The number of halogens is 2. The van der Waals surface area contributed by atoms with Crippen LogP contribution in [0.3, 0.4) is 0 Å². The molecule has 212 valence electrons. The van der Waals surface area contributed by atoms with E-state index in [4.69, 9.17) is 16.3 Å². The van der Waals surface area contributed by atoms with Crippen molar-refractivity contribution in [3.05, 3.63) is 93.0 Å². The standard InChI is InChI=1S/C31H30ClFN4O4/c1-20-6-8-21(9-7-20)34-10-12-36(13-11-34)29-24(33)18-22-28(27(29)32)37(19-23(30(22)38)31(39)40)26-5-3-2-4-25(26)35-14-16-41-17-15-35/h2-9,18-19H,10-17H2,1H3,(H,39,40). The first-order chi connectivity index (χ1) is 19.8. The fraction of sp³-hybridized carbons (Fsp3) is 0.290. The van der Waals surface area contributed by atoms with Gasteiger partial charge in [-0.25, -0.2) is 9.18 Å². The van der Waals surface area contributed by atoms with Gasteiger partial charge in [0.25, 0.3) is 0 Å². The van der Waals surface area contributed by atoms with Crippen molar-refractivity contribution in [3.63, 3.8) is 0 Å². The van der Waals surface area contributed by atoms with Crippen LogP contribution in [0.2, 0.25) is 5.02 Å². The molecule has 0 saturated carbocycles. The lowest BCUT2D eigenvalue weighted by Gasteiger charge is -2.38. The molecule has 0 amide bonds. The number of aromatic nitrogens is 1. The van der Waals surface area contributed by atoms with E-state index in [-0.39, 0.29) is 21.6 Å². The summed E-state index contributed by atoms with van der Waals surface area (Å²) < 4.78 is 22.9. The van der Waals surface area contributed by atoms with Crippen molar-refractivity contribution < 1.29 is 19.0 Å². The molecule has 4 aromatic rings. The Kier molecular flexibility index (Phi) is 7.32. The lowest BCUT2D eigenvalue weighted by atomic mass is 10.1. The summed E-state index contributed by atoms with van der Waals surface area (Å²) in [6.07, 6.45) is 1.30. The van der Waals surface area contributed by atoms with E-state index in [2.05, 4.69) is 34.1 Å². The molecule has 2 fully saturated rings. The van der Waals surface area contributed by atoms with Crippen LogP contribution < -0.4 is 20.1 Å². The quantitative estimate of drug-likeness (QED) is 0.360. The van der Waals surface area contributed by atoms with Crippen molar-refractivity contribution in [3.8, 4) is 5.69 Å². The Balaban J connectivity index is 1.47. The molecule has 0 unspecified atom stereocenters. The highest BCUT2D eigenvalue weighted by Gasteiger charge is 2.28. The lowest BCUT2D eigenvalue weighted by molar-refractivity contribution is 0.0695. The van der Waals surface area contributed by atoms with E-state index in [0.29, 0.717) is 58.2 Å². The zero-order valence-electron chi connectivity index (χ0n) is 22.6. The molecule has 0 spiro atoms. The Morgan fingerprint density at radius 2 is 1.54 bits per heavy atom. The van der Waals surface area contributed by atoms with Gasteiger partial charge in [0.15, 0.2) is 0 Å². The van der Waals surface area contributed by atoms with Gasteiger partial charge in [-0.05, 0) is 37.3 Å². The first kappa shape index (κ1) is 27.1. The van der Waals surface area contributed by atoms with Crippen LogP contribution in [0.1, 0.15) is 15.9 Å². The monoisotopic (exact) mass is 576 g/mol. The molecule has 0 atom stereocenters. The maximum atomic E-state index is 15.8. The summed E-state index contributed by atoms with van der Waals surface area (Å²) in [5, 5.41) is 9.87. The van der Waals surface area contributed by atoms with Crippen LogP contribution >= 0.6 is 11.6 Å². The van der Waals surface area contributed by atoms with E-state index >= 15 is 4.39 Å². The Bertz CT molecular complexity index is 1680. The van der Waals surface area contributed by atoms with Crippen LogP contribution in [0.25, 0.3) is 16.6 Å². The number of hydrogen-bond acceptors (Lipinski definition) is 6. The third kappa shape index (κ3) is 5.00. The van der Waals surface area contributed by atoms with E-state index in [9.17, 15) is 14.7 Å². The van der Waals surface area contributed by atoms with Crippen molar-refractivity contribution in [2.75, 3.05) is 67.2 Å². The molecule has 0 radical (unpaired) electrons. The van der Waals surface area contributed by atoms with E-state index in [0.717, 1.165) is 17.4 Å². The predicted octanol–water partition coefficient (Wildman–Crippen LogP) is 4.95. The number of nitrogens with zero attached hydrogens (tertiary/aromatic N) is 4. The maximum absolute atomic E-state index is 15.8. The minimum absolute atomic E-state index is 0.0776. The minimum Gasteiger partial charge on any atom is -0.477 e. The smallest absolute Gasteiger partial charge is 0.341 e. The fourth-order valence-corrected chi connectivity index (χ4v) is 6.12. The highest BCUT2D eigenvalue weighted by Crippen LogP contribution is 2.39. The molecular weight excluding hydrogens is 547 g/mol. The number of carboxylic acid groups (broad SMARTS) is 1. The summed E-state index contributed by atoms with van der Waals surface area (Å²) in [6, 6.07) is 17.0. The van der Waals surface area contributed by atoms with Crippen LogP contribution in [-0.2, 0) is 4.74 Å². The number of carbonyl (C=O) groups is 1. The molecule has 6 rings (SSSR count). The van der Waals surface area contributed by atoms with E-state index in [1.807, 2.05) is 36.1 Å². The van der Waals surface area contributed by atoms with Crippen LogP contribution in [0.4, 0.5) is 21.5 Å². The van der Waals surface area contributed by atoms with Crippen LogP contribution in [0, 0.1) is 12.7 Å². The van der Waals surface area contributed by atoms with E-state index < -0.39 is 22.8 Å². The summed E-state index contributed by atoms with van der Waals surface area (Å²) in [5.74, 6) is -2.04. The number of anilines is 3. The molecule has 10 heteroatoms. The van der Waals surface area contributed by atoms with Gasteiger partial charge in [-0.3, -0.25) is 4.79 Å². The number of carboxylic acids is 1. The molecule has 2 saturated heterocycles. The molecule has 1 N–H and O–H groups in total. The SMILES string of the molecule is Cc1ccc(N2CCN(c3c(F)cc4c(=O)c(C(=O)O)cn(-c5ccccc5N5CCOCC5)c4c3Cl)CC2)cc1. The second-order valence-electron chi connectivity index (χ2n) is 10.4. The van der Waals surface area contributed by atoms with Gasteiger partial charge in [-0.1, -0.05) is 41.4 Å². The number of piperazine rings is 1. The third-order valence-electron chi connectivity index (χ3n) is 7.88. The van der Waals surface area contributed by atoms with Crippen molar-refractivity contribution in [1.82, 2.24) is 4.57 Å². The second kappa shape index (κ2) is 11.1. The number of rotatable bonds is 5. The summed E-state index contributed by atoms with van der Waals surface area (Å²) in [5.41, 5.74) is 3.03. The van der Waals surface area contributed by atoms with Gasteiger partial charge in [-0.2, -0.15) is 0 Å². The fourth-order valence-electron chi connectivity index (χ4n) is 5.72. The van der Waals surface area contributed by atoms with Gasteiger partial charge in [-0.15, -0.1) is 0 Å². The number of pyridine rings is 1. The Morgan fingerprint density at radius 3 is 2.20 bits per heavy atom. The summed E-state index contributed by atoms with van der Waals surface area (Å²) in [7, 11) is 0. The first-order valence-electron chi connectivity index (χ1n) is 13.6. The summed E-state index contributed by atoms with van der Waals surface area (Å²) in [4.78, 5) is 31.7. The number of benzene rings is 3. The molecule has 41 heavy (non-hydrogen) atoms. The minimum atomic E-state index is -1.39. The number of ether oxygens (including phenoxy) is 1. The molecule has 3 aromatic carbocycles. The van der Waals surface area contributed by atoms with Crippen molar-refractivity contribution >= 4 is 45.5 Å². The van der Waals surface area contributed by atoms with E-state index in [1.54, 1.807) is 4.57 Å². The van der Waals surface area contributed by atoms with Gasteiger partial charge in [0.2, 0.25) is 5.43 Å². The number of hydrogen-bond donors (Lipinski definition) is 1. The molecule has 0 aliphatic carbocycles. The molecule has 1 aromatic heterocycles. The zero-order valence-corrected chi connectivity index (χ0v) is 23.4. The van der Waals surface area contributed by atoms with Crippen molar-refractivity contribution in [2.45, 2.75) is 6.92 Å². The topological polar surface area (TPSA) is 78.2 Å². The zero-order chi connectivity index (χ0) is 28.7. The average Bonchev–Trinajstić information content (AvgIpc) is 2.99. The van der Waals surface area contributed by atoms with Gasteiger partial charge >= 0.3 is 5.97 Å². The van der Waals surface area contributed by atoms with Crippen LogP contribution in [-0.4, -0.2) is 68.1 Å². The van der Waals surface area contributed by atoms with Gasteiger partial charge in [0.05, 0.1) is 46.2 Å². The Morgan fingerprint density at radius 1 is 0.902 bits per heavy atom. The van der Waals surface area contributed by atoms with Gasteiger partial charge in [0, 0.05) is 51.2 Å². The highest BCUT2D eigenvalue weighted by atomic mass is 35.5. The molecule has 0 bridgehead atoms. The Labute approximate surface area is 241 Å². The van der Waals surface area contributed by atoms with E-state index in [1.165, 1.54) is 11.8 Å². The van der Waals surface area contributed by atoms with Crippen LogP contribution in [0.5, 0.6) is 0 Å². The number of para-hydroxylation sites is 2. The number of morpholine rings is 1. The predicted molar refractivity (Wildman–Crippen MR) is 160 cm³/mol. The Hall–Kier alpha value is -4.08. The van der Waals surface area contributed by atoms with Gasteiger partial charge in [0.1, 0.15) is 11.4 Å². The van der Waals surface area contributed by atoms with Crippen LogP contribution in [0.15, 0.2) is 65.6 Å². The summed E-state index contributed by atoms with van der Waals surface area (Å²) >= 11 is 7.01. The molecule has 8 nitrogen and oxygen atoms in total. The molecule has 2 aliphatic rings. The largest absolute Gasteiger partial charge is 0.477 e. The third-order valence-corrected chi connectivity index (χ3v) is 8.23. The van der Waals surface area contributed by atoms with Crippen molar-refractivity contribution in [1.29, 1.82) is 0 Å². The normalized spacial score (nSPS) is 15.9. The molecule has 2 aliphatic heterocycles. The first-order valence-corrected chi connectivity index (χ1v) is 14.0. The van der Waals surface area contributed by atoms with Gasteiger partial charge < -0.3 is 29.1 Å². The average molecular weight is 577 g/mol. The number of aryl methyl sites for hydroxylation is 1. The number of fused-ring (bicyclic) bond motifs is 1. The maximum Gasteiger partial charge on any atom is 0.341 e. The number of aromatic carboxylic acids is 1.